The van der Waals surface area contributed by atoms with Crippen molar-refractivity contribution in [1.82, 2.24) is 4.98 Å². The Balaban J connectivity index is 1.92. The Morgan fingerprint density at radius 1 is 1.05 bits per heavy atom. The van der Waals surface area contributed by atoms with E-state index in [-0.39, 0.29) is 5.91 Å². The van der Waals surface area contributed by atoms with Crippen molar-refractivity contribution < 1.29 is 4.79 Å². The number of halogens is 1. The third-order valence-electron chi connectivity index (χ3n) is 2.94. The van der Waals surface area contributed by atoms with Gasteiger partial charge >= 0.3 is 0 Å². The molecule has 1 aromatic heterocycles. The van der Waals surface area contributed by atoms with Crippen LogP contribution in [0, 0.1) is 0 Å². The molecule has 0 aliphatic carbocycles. The highest BCUT2D eigenvalue weighted by Gasteiger charge is 2.10. The van der Waals surface area contributed by atoms with E-state index in [1.54, 1.807) is 30.3 Å². The molecule has 0 bridgehead atoms. The summed E-state index contributed by atoms with van der Waals surface area (Å²) in [6.45, 7) is 0. The van der Waals surface area contributed by atoms with Crippen molar-refractivity contribution in [3.63, 3.8) is 0 Å². The number of benzene rings is 2. The fraction of sp³-hybridized carbons (Fsp3) is 0. The summed E-state index contributed by atoms with van der Waals surface area (Å²) in [7, 11) is 0. The summed E-state index contributed by atoms with van der Waals surface area (Å²) in [4.78, 5) is 15.3. The molecule has 0 saturated heterocycles. The minimum atomic E-state index is -0.132. The molecule has 2 N–H and O–H groups in total. The second kappa shape index (κ2) is 4.78. The molecule has 0 unspecified atom stereocenters. The van der Waals surface area contributed by atoms with Crippen LogP contribution >= 0.6 is 11.6 Å². The molecule has 0 saturated carbocycles. The van der Waals surface area contributed by atoms with Gasteiger partial charge in [0.2, 0.25) is 0 Å². The third kappa shape index (κ3) is 2.33. The first kappa shape index (κ1) is 11.8. The summed E-state index contributed by atoms with van der Waals surface area (Å²) in [6, 6.07) is 14.5. The van der Waals surface area contributed by atoms with E-state index in [4.69, 9.17) is 11.6 Å². The zero-order valence-electron chi connectivity index (χ0n) is 9.98. The van der Waals surface area contributed by atoms with Gasteiger partial charge in [-0.25, -0.2) is 0 Å². The Bertz CT molecular complexity index is 731. The Morgan fingerprint density at radius 3 is 2.63 bits per heavy atom. The highest BCUT2D eigenvalue weighted by molar-refractivity contribution is 6.30. The molecule has 3 rings (SSSR count). The predicted molar refractivity (Wildman–Crippen MR) is 77.7 cm³/mol. The topological polar surface area (TPSA) is 44.9 Å². The van der Waals surface area contributed by atoms with Crippen molar-refractivity contribution in [3.8, 4) is 0 Å². The number of carbonyl (C=O) groups excluding carboxylic acids is 1. The molecule has 0 spiro atoms. The standard InChI is InChI=1S/C15H11ClN2O/c16-10-4-6-11(7-5-10)18-15(19)13-2-1-3-14-12(13)8-9-17-14/h1-9,17H,(H,18,19). The molecule has 0 fully saturated rings. The van der Waals surface area contributed by atoms with E-state index in [0.717, 1.165) is 16.6 Å². The first-order chi connectivity index (χ1) is 9.24. The summed E-state index contributed by atoms with van der Waals surface area (Å²) >= 11 is 5.81. The average molecular weight is 271 g/mol. The number of hydrogen-bond donors (Lipinski definition) is 2. The summed E-state index contributed by atoms with van der Waals surface area (Å²) in [6.07, 6.45) is 1.82. The van der Waals surface area contributed by atoms with Crippen LogP contribution in [0.15, 0.2) is 54.7 Å². The lowest BCUT2D eigenvalue weighted by Gasteiger charge is -2.06. The number of aromatic nitrogens is 1. The van der Waals surface area contributed by atoms with Crippen molar-refractivity contribution in [2.75, 3.05) is 5.32 Å². The van der Waals surface area contributed by atoms with E-state index in [0.29, 0.717) is 10.6 Å². The maximum absolute atomic E-state index is 12.3. The molecule has 0 aliphatic rings. The van der Waals surface area contributed by atoms with Crippen LogP contribution in [0.4, 0.5) is 5.69 Å². The van der Waals surface area contributed by atoms with Gasteiger partial charge < -0.3 is 10.3 Å². The van der Waals surface area contributed by atoms with Crippen LogP contribution in [0.5, 0.6) is 0 Å². The molecule has 0 aliphatic heterocycles. The molecule has 2 aromatic carbocycles. The van der Waals surface area contributed by atoms with E-state index in [1.807, 2.05) is 24.4 Å². The summed E-state index contributed by atoms with van der Waals surface area (Å²) in [5.74, 6) is -0.132. The van der Waals surface area contributed by atoms with Crippen LogP contribution in [-0.4, -0.2) is 10.9 Å². The van der Waals surface area contributed by atoms with Crippen molar-refractivity contribution in [2.45, 2.75) is 0 Å². The van der Waals surface area contributed by atoms with E-state index in [9.17, 15) is 4.79 Å². The number of anilines is 1. The zero-order valence-corrected chi connectivity index (χ0v) is 10.7. The van der Waals surface area contributed by atoms with E-state index in [1.165, 1.54) is 0 Å². The molecule has 94 valence electrons. The molecule has 19 heavy (non-hydrogen) atoms. The normalized spacial score (nSPS) is 10.6. The van der Waals surface area contributed by atoms with Crippen LogP contribution in [0.25, 0.3) is 10.9 Å². The highest BCUT2D eigenvalue weighted by atomic mass is 35.5. The minimum Gasteiger partial charge on any atom is -0.361 e. The Labute approximate surface area is 115 Å². The molecule has 4 heteroatoms. The first-order valence-electron chi connectivity index (χ1n) is 5.87. The van der Waals surface area contributed by atoms with Gasteiger partial charge in [-0.1, -0.05) is 17.7 Å². The second-order valence-electron chi connectivity index (χ2n) is 4.21. The molecule has 0 radical (unpaired) electrons. The summed E-state index contributed by atoms with van der Waals surface area (Å²) < 4.78 is 0. The fourth-order valence-corrected chi connectivity index (χ4v) is 2.14. The van der Waals surface area contributed by atoms with Crippen molar-refractivity contribution in [3.05, 3.63) is 65.3 Å². The third-order valence-corrected chi connectivity index (χ3v) is 3.19. The summed E-state index contributed by atoms with van der Waals surface area (Å²) in [5, 5.41) is 4.41. The van der Waals surface area contributed by atoms with E-state index in [2.05, 4.69) is 10.3 Å². The van der Waals surface area contributed by atoms with Gasteiger partial charge in [0.25, 0.3) is 5.91 Å². The van der Waals surface area contributed by atoms with Crippen LogP contribution in [0.2, 0.25) is 5.02 Å². The van der Waals surface area contributed by atoms with Gasteiger partial charge in [-0.15, -0.1) is 0 Å². The van der Waals surface area contributed by atoms with Gasteiger partial charge in [-0.05, 0) is 42.5 Å². The largest absolute Gasteiger partial charge is 0.361 e. The summed E-state index contributed by atoms with van der Waals surface area (Å²) in [5.41, 5.74) is 2.32. The Kier molecular flexibility index (Phi) is 2.97. The van der Waals surface area contributed by atoms with Crippen LogP contribution in [-0.2, 0) is 0 Å². The monoisotopic (exact) mass is 270 g/mol. The average Bonchev–Trinajstić information content (AvgIpc) is 2.89. The molecule has 1 heterocycles. The van der Waals surface area contributed by atoms with Gasteiger partial charge in [0, 0.05) is 33.4 Å². The molecule has 3 aromatic rings. The van der Waals surface area contributed by atoms with Gasteiger partial charge in [0.05, 0.1) is 0 Å². The molecule has 3 nitrogen and oxygen atoms in total. The number of hydrogen-bond acceptors (Lipinski definition) is 1. The Hall–Kier alpha value is -2.26. The molecule has 0 atom stereocenters. The second-order valence-corrected chi connectivity index (χ2v) is 4.64. The SMILES string of the molecule is O=C(Nc1ccc(Cl)cc1)c1cccc2[nH]ccc12. The molecular formula is C15H11ClN2O. The van der Waals surface area contributed by atoms with Crippen molar-refractivity contribution in [1.29, 1.82) is 0 Å². The van der Waals surface area contributed by atoms with Crippen LogP contribution in [0.1, 0.15) is 10.4 Å². The number of nitrogens with one attached hydrogen (secondary N) is 2. The predicted octanol–water partition coefficient (Wildman–Crippen LogP) is 4.07. The smallest absolute Gasteiger partial charge is 0.256 e. The first-order valence-corrected chi connectivity index (χ1v) is 6.25. The number of aromatic amines is 1. The van der Waals surface area contributed by atoms with Gasteiger partial charge in [-0.2, -0.15) is 0 Å². The maximum Gasteiger partial charge on any atom is 0.256 e. The number of rotatable bonds is 2. The number of H-pyrrole nitrogens is 1. The lowest BCUT2D eigenvalue weighted by atomic mass is 10.1. The van der Waals surface area contributed by atoms with E-state index >= 15 is 0 Å². The number of amides is 1. The van der Waals surface area contributed by atoms with E-state index < -0.39 is 0 Å². The van der Waals surface area contributed by atoms with Crippen LogP contribution in [0.3, 0.4) is 0 Å². The van der Waals surface area contributed by atoms with Gasteiger partial charge in [0.15, 0.2) is 0 Å². The minimum absolute atomic E-state index is 0.132. The maximum atomic E-state index is 12.3. The molecular weight excluding hydrogens is 260 g/mol. The quantitative estimate of drug-likeness (QED) is 0.724. The van der Waals surface area contributed by atoms with Crippen LogP contribution < -0.4 is 5.32 Å². The Morgan fingerprint density at radius 2 is 1.84 bits per heavy atom. The molecule has 1 amide bonds. The van der Waals surface area contributed by atoms with Crippen molar-refractivity contribution in [2.24, 2.45) is 0 Å². The lowest BCUT2D eigenvalue weighted by molar-refractivity contribution is 0.102. The van der Waals surface area contributed by atoms with Gasteiger partial charge in [-0.3, -0.25) is 4.79 Å². The highest BCUT2D eigenvalue weighted by Crippen LogP contribution is 2.19. The fourth-order valence-electron chi connectivity index (χ4n) is 2.02. The lowest BCUT2D eigenvalue weighted by Crippen LogP contribution is -2.11. The zero-order chi connectivity index (χ0) is 13.2. The number of carbonyl (C=O) groups is 1. The van der Waals surface area contributed by atoms with Gasteiger partial charge in [0.1, 0.15) is 0 Å². The van der Waals surface area contributed by atoms with Crippen molar-refractivity contribution >= 4 is 34.1 Å². The number of fused-ring (bicyclic) bond motifs is 1.